The molecule has 0 spiro atoms. The molecule has 128 valence electrons. The number of hydrogen-bond donors (Lipinski definition) is 2. The van der Waals surface area contributed by atoms with Gasteiger partial charge in [0, 0.05) is 24.0 Å². The van der Waals surface area contributed by atoms with Crippen molar-refractivity contribution < 1.29 is 32.3 Å². The fourth-order valence-electron chi connectivity index (χ4n) is 2.94. The third-order valence-corrected chi connectivity index (χ3v) is 4.16. The monoisotopic (exact) mass is 344 g/mol. The van der Waals surface area contributed by atoms with Gasteiger partial charge in [-0.15, -0.1) is 0 Å². The van der Waals surface area contributed by atoms with Crippen LogP contribution in [-0.2, 0) is 4.79 Å². The summed E-state index contributed by atoms with van der Waals surface area (Å²) in [5.74, 6) is -6.66. The van der Waals surface area contributed by atoms with Gasteiger partial charge in [-0.3, -0.25) is 9.59 Å². The zero-order valence-electron chi connectivity index (χ0n) is 12.1. The predicted molar refractivity (Wildman–Crippen MR) is 74.8 cm³/mol. The standard InChI is InChI=1S/C15H12F4N2O3/c16-8-1-2-11-7(3-8)4-12(20-11)13(22)21-5-9(14(23)24)10(6-21)15(17,18)19/h1-4,9-10,20H,5-6H2,(H,23,24)/t9-,10-/m1/s1. The first-order valence-corrected chi connectivity index (χ1v) is 7.04. The van der Waals surface area contributed by atoms with E-state index in [1.54, 1.807) is 0 Å². The number of carboxylic acids is 1. The smallest absolute Gasteiger partial charge is 0.394 e. The highest BCUT2D eigenvalue weighted by atomic mass is 19.4. The van der Waals surface area contributed by atoms with Crippen molar-refractivity contribution in [1.82, 2.24) is 9.88 Å². The summed E-state index contributed by atoms with van der Waals surface area (Å²) >= 11 is 0. The number of benzene rings is 1. The molecule has 3 rings (SSSR count). The third-order valence-electron chi connectivity index (χ3n) is 4.16. The Balaban J connectivity index is 1.87. The number of carbonyl (C=O) groups excluding carboxylic acids is 1. The van der Waals surface area contributed by atoms with E-state index in [4.69, 9.17) is 5.11 Å². The fraction of sp³-hybridized carbons (Fsp3) is 0.333. The van der Waals surface area contributed by atoms with Crippen LogP contribution >= 0.6 is 0 Å². The van der Waals surface area contributed by atoms with E-state index in [-0.39, 0.29) is 5.69 Å². The minimum Gasteiger partial charge on any atom is -0.481 e. The summed E-state index contributed by atoms with van der Waals surface area (Å²) in [4.78, 5) is 27.0. The first-order chi connectivity index (χ1) is 11.2. The average molecular weight is 344 g/mol. The second-order valence-electron chi connectivity index (χ2n) is 5.72. The first-order valence-electron chi connectivity index (χ1n) is 7.04. The van der Waals surface area contributed by atoms with E-state index >= 15 is 0 Å². The highest BCUT2D eigenvalue weighted by Crippen LogP contribution is 2.38. The molecule has 2 atom stereocenters. The van der Waals surface area contributed by atoms with Crippen LogP contribution in [0, 0.1) is 17.7 Å². The highest BCUT2D eigenvalue weighted by Gasteiger charge is 2.53. The summed E-state index contributed by atoms with van der Waals surface area (Å²) in [5, 5.41) is 9.38. The molecular formula is C15H12F4N2O3. The Labute approximate surface area is 132 Å². The lowest BCUT2D eigenvalue weighted by Crippen LogP contribution is -2.34. The molecule has 2 N–H and O–H groups in total. The van der Waals surface area contributed by atoms with Gasteiger partial charge in [0.1, 0.15) is 11.5 Å². The van der Waals surface area contributed by atoms with E-state index in [0.717, 1.165) is 4.90 Å². The van der Waals surface area contributed by atoms with Crippen LogP contribution in [0.25, 0.3) is 10.9 Å². The zero-order valence-corrected chi connectivity index (χ0v) is 12.1. The van der Waals surface area contributed by atoms with E-state index in [9.17, 15) is 27.2 Å². The number of carboxylic acid groups (broad SMARTS) is 1. The topological polar surface area (TPSA) is 73.4 Å². The maximum absolute atomic E-state index is 13.2. The molecule has 9 heteroatoms. The quantitative estimate of drug-likeness (QED) is 0.823. The maximum Gasteiger partial charge on any atom is 0.394 e. The van der Waals surface area contributed by atoms with Crippen molar-refractivity contribution >= 4 is 22.8 Å². The number of fused-ring (bicyclic) bond motifs is 1. The number of carbonyl (C=O) groups is 2. The van der Waals surface area contributed by atoms with Crippen LogP contribution in [0.4, 0.5) is 17.6 Å². The lowest BCUT2D eigenvalue weighted by Gasteiger charge is -2.18. The van der Waals surface area contributed by atoms with Gasteiger partial charge in [-0.2, -0.15) is 13.2 Å². The van der Waals surface area contributed by atoms with Crippen LogP contribution < -0.4 is 0 Å². The molecule has 0 radical (unpaired) electrons. The van der Waals surface area contributed by atoms with Gasteiger partial charge < -0.3 is 15.0 Å². The Hall–Kier alpha value is -2.58. The number of aromatic amines is 1. The Morgan fingerprint density at radius 2 is 1.92 bits per heavy atom. The number of halogens is 4. The number of aromatic nitrogens is 1. The Kier molecular flexibility index (Phi) is 3.73. The molecular weight excluding hydrogens is 332 g/mol. The number of likely N-dealkylation sites (tertiary alicyclic amines) is 1. The number of H-pyrrole nitrogens is 1. The van der Waals surface area contributed by atoms with Crippen molar-refractivity contribution in [2.24, 2.45) is 11.8 Å². The van der Waals surface area contributed by atoms with Crippen molar-refractivity contribution in [3.63, 3.8) is 0 Å². The molecule has 1 aliphatic heterocycles. The average Bonchev–Trinajstić information content (AvgIpc) is 3.09. The summed E-state index contributed by atoms with van der Waals surface area (Å²) in [6.07, 6.45) is -4.71. The number of aliphatic carboxylic acids is 1. The Bertz CT molecular complexity index is 815. The summed E-state index contributed by atoms with van der Waals surface area (Å²) in [6, 6.07) is 5.11. The summed E-state index contributed by atoms with van der Waals surface area (Å²) in [7, 11) is 0. The SMILES string of the molecule is O=C(O)[C@@H]1CN(C(=O)c2cc3cc(F)ccc3[nH]2)C[C@H]1C(F)(F)F. The molecule has 1 fully saturated rings. The Morgan fingerprint density at radius 3 is 2.50 bits per heavy atom. The molecule has 1 aromatic carbocycles. The van der Waals surface area contributed by atoms with Crippen molar-refractivity contribution in [2.75, 3.05) is 13.1 Å². The van der Waals surface area contributed by atoms with Gasteiger partial charge in [0.2, 0.25) is 0 Å². The van der Waals surface area contributed by atoms with Gasteiger partial charge >= 0.3 is 12.1 Å². The molecule has 0 unspecified atom stereocenters. The number of hydrogen-bond acceptors (Lipinski definition) is 2. The second kappa shape index (κ2) is 5.50. The minimum atomic E-state index is -4.71. The van der Waals surface area contributed by atoms with Crippen LogP contribution in [-0.4, -0.2) is 46.1 Å². The number of alkyl halides is 3. The lowest BCUT2D eigenvalue weighted by molar-refractivity contribution is -0.187. The van der Waals surface area contributed by atoms with Crippen LogP contribution in [0.5, 0.6) is 0 Å². The largest absolute Gasteiger partial charge is 0.481 e. The first kappa shape index (κ1) is 16.3. The molecule has 0 bridgehead atoms. The van der Waals surface area contributed by atoms with Gasteiger partial charge in [0.25, 0.3) is 5.91 Å². The Morgan fingerprint density at radius 1 is 1.21 bits per heavy atom. The van der Waals surface area contributed by atoms with E-state index in [0.29, 0.717) is 10.9 Å². The number of nitrogens with zero attached hydrogens (tertiary/aromatic N) is 1. The van der Waals surface area contributed by atoms with Crippen LogP contribution in [0.2, 0.25) is 0 Å². The normalized spacial score (nSPS) is 21.4. The van der Waals surface area contributed by atoms with Crippen molar-refractivity contribution in [3.8, 4) is 0 Å². The van der Waals surface area contributed by atoms with Crippen LogP contribution in [0.15, 0.2) is 24.3 Å². The molecule has 2 aromatic rings. The molecule has 0 aliphatic carbocycles. The second-order valence-corrected chi connectivity index (χ2v) is 5.72. The molecule has 0 saturated carbocycles. The lowest BCUT2D eigenvalue weighted by atomic mass is 9.96. The highest BCUT2D eigenvalue weighted by molar-refractivity contribution is 5.98. The van der Waals surface area contributed by atoms with E-state index in [2.05, 4.69) is 4.98 Å². The molecule has 1 saturated heterocycles. The van der Waals surface area contributed by atoms with Crippen molar-refractivity contribution in [1.29, 1.82) is 0 Å². The molecule has 2 heterocycles. The van der Waals surface area contributed by atoms with Gasteiger partial charge in [-0.1, -0.05) is 0 Å². The van der Waals surface area contributed by atoms with E-state index in [1.807, 2.05) is 0 Å². The van der Waals surface area contributed by atoms with E-state index in [1.165, 1.54) is 24.3 Å². The summed E-state index contributed by atoms with van der Waals surface area (Å²) < 4.78 is 52.1. The van der Waals surface area contributed by atoms with Gasteiger partial charge in [-0.25, -0.2) is 4.39 Å². The molecule has 1 aliphatic rings. The van der Waals surface area contributed by atoms with Crippen molar-refractivity contribution in [3.05, 3.63) is 35.8 Å². The fourth-order valence-corrected chi connectivity index (χ4v) is 2.94. The van der Waals surface area contributed by atoms with Crippen LogP contribution in [0.1, 0.15) is 10.5 Å². The molecule has 5 nitrogen and oxygen atoms in total. The third kappa shape index (κ3) is 2.81. The zero-order chi connectivity index (χ0) is 17.6. The van der Waals surface area contributed by atoms with Gasteiger partial charge in [0.05, 0.1) is 11.8 Å². The van der Waals surface area contributed by atoms with Gasteiger partial charge in [0.15, 0.2) is 0 Å². The summed E-state index contributed by atoms with van der Waals surface area (Å²) in [6.45, 7) is -1.24. The maximum atomic E-state index is 13.2. The minimum absolute atomic E-state index is 0.0115. The van der Waals surface area contributed by atoms with E-state index < -0.39 is 48.8 Å². The predicted octanol–water partition coefficient (Wildman–Crippen LogP) is 2.64. The number of nitrogens with one attached hydrogen (secondary N) is 1. The summed E-state index contributed by atoms with van der Waals surface area (Å²) in [5.41, 5.74) is 0.448. The van der Waals surface area contributed by atoms with Gasteiger partial charge in [-0.05, 0) is 24.3 Å². The molecule has 1 aromatic heterocycles. The van der Waals surface area contributed by atoms with Crippen LogP contribution in [0.3, 0.4) is 0 Å². The van der Waals surface area contributed by atoms with Crippen molar-refractivity contribution in [2.45, 2.75) is 6.18 Å². The molecule has 24 heavy (non-hydrogen) atoms. The molecule has 1 amide bonds. The number of amides is 1. The number of rotatable bonds is 2.